The first-order chi connectivity index (χ1) is 8.27. The van der Waals surface area contributed by atoms with E-state index >= 15 is 0 Å². The second kappa shape index (κ2) is 5.90. The van der Waals surface area contributed by atoms with Gasteiger partial charge in [-0.05, 0) is 27.7 Å². The Labute approximate surface area is 116 Å². The fourth-order valence-corrected chi connectivity index (χ4v) is 1.12. The van der Waals surface area contributed by atoms with Gasteiger partial charge in [0.2, 0.25) is 11.8 Å². The number of hydrogen-bond acceptors (Lipinski definition) is 3. The Balaban J connectivity index is 4.19. The number of rotatable bonds is 5. The van der Waals surface area contributed by atoms with Crippen LogP contribution in [0.15, 0.2) is 0 Å². The maximum absolute atomic E-state index is 11.8. The van der Waals surface area contributed by atoms with E-state index in [0.29, 0.717) is 6.54 Å². The van der Waals surface area contributed by atoms with Crippen molar-refractivity contribution in [3.8, 4) is 0 Å². The van der Waals surface area contributed by atoms with Gasteiger partial charge in [0.25, 0.3) is 0 Å². The van der Waals surface area contributed by atoms with Gasteiger partial charge in [0.1, 0.15) is 0 Å². The minimum atomic E-state index is -1.02. The van der Waals surface area contributed by atoms with Crippen molar-refractivity contribution in [2.45, 2.75) is 66.0 Å². The summed E-state index contributed by atoms with van der Waals surface area (Å²) in [6, 6.07) is 0. The van der Waals surface area contributed by atoms with Gasteiger partial charge in [-0.3, -0.25) is 9.59 Å². The molecule has 19 heavy (non-hydrogen) atoms. The third-order valence-corrected chi connectivity index (χ3v) is 3.30. The molecule has 3 N–H and O–H groups in total. The molecule has 0 bridgehead atoms. The Bertz CT molecular complexity index is 336. The van der Waals surface area contributed by atoms with Crippen LogP contribution in [-0.4, -0.2) is 34.6 Å². The molecule has 0 radical (unpaired) electrons. The van der Waals surface area contributed by atoms with Crippen molar-refractivity contribution in [1.82, 2.24) is 10.6 Å². The van der Waals surface area contributed by atoms with Crippen LogP contribution in [0.25, 0.3) is 0 Å². The fourth-order valence-electron chi connectivity index (χ4n) is 1.12. The van der Waals surface area contributed by atoms with E-state index in [2.05, 4.69) is 10.6 Å². The molecule has 0 saturated carbocycles. The van der Waals surface area contributed by atoms with Crippen molar-refractivity contribution in [2.75, 3.05) is 6.54 Å². The van der Waals surface area contributed by atoms with Crippen LogP contribution in [0, 0.1) is 5.41 Å². The third-order valence-electron chi connectivity index (χ3n) is 3.30. The number of aliphatic hydroxyl groups is 1. The Morgan fingerprint density at radius 2 is 1.47 bits per heavy atom. The van der Waals surface area contributed by atoms with Crippen molar-refractivity contribution in [1.29, 1.82) is 0 Å². The van der Waals surface area contributed by atoms with Crippen molar-refractivity contribution < 1.29 is 14.7 Å². The largest absolute Gasteiger partial charge is 0.388 e. The molecule has 0 saturated heterocycles. The predicted molar refractivity (Wildman–Crippen MR) is 75.6 cm³/mol. The molecule has 0 aromatic carbocycles. The lowest BCUT2D eigenvalue weighted by molar-refractivity contribution is -0.129. The number of hydrogen-bond donors (Lipinski definition) is 3. The predicted octanol–water partition coefficient (Wildman–Crippen LogP) is 1.20. The fraction of sp³-hybridized carbons (Fsp3) is 0.857. The van der Waals surface area contributed by atoms with E-state index in [1.807, 2.05) is 20.8 Å². The van der Waals surface area contributed by atoms with E-state index in [1.165, 1.54) is 0 Å². The smallest absolute Gasteiger partial charge is 0.225 e. The third kappa shape index (κ3) is 6.05. The molecule has 5 nitrogen and oxygen atoms in total. The second-order valence-electron chi connectivity index (χ2n) is 6.99. The topological polar surface area (TPSA) is 78.4 Å². The van der Waals surface area contributed by atoms with Gasteiger partial charge in [0, 0.05) is 18.4 Å². The molecule has 0 spiro atoms. The van der Waals surface area contributed by atoms with Crippen LogP contribution in [0.3, 0.4) is 0 Å². The normalized spacial score (nSPS) is 13.1. The molecule has 0 aliphatic heterocycles. The average molecular weight is 272 g/mol. The van der Waals surface area contributed by atoms with Gasteiger partial charge in [0.05, 0.1) is 11.1 Å². The van der Waals surface area contributed by atoms with Crippen LogP contribution >= 0.6 is 0 Å². The van der Waals surface area contributed by atoms with Crippen molar-refractivity contribution in [3.05, 3.63) is 0 Å². The van der Waals surface area contributed by atoms with E-state index in [-0.39, 0.29) is 18.2 Å². The standard InChI is InChI=1S/C14H28N2O3/c1-12(2,3)11(18)15-9-8-10(17)16-13(4,5)14(6,7)19/h19H,8-9H2,1-7H3,(H,15,18)(H,16,17). The highest BCUT2D eigenvalue weighted by Gasteiger charge is 2.36. The molecule has 0 rings (SSSR count). The Morgan fingerprint density at radius 3 is 1.84 bits per heavy atom. The summed E-state index contributed by atoms with van der Waals surface area (Å²) in [4.78, 5) is 23.4. The summed E-state index contributed by atoms with van der Waals surface area (Å²) in [7, 11) is 0. The van der Waals surface area contributed by atoms with Crippen LogP contribution in [0.1, 0.15) is 54.9 Å². The Hall–Kier alpha value is -1.10. The van der Waals surface area contributed by atoms with Crippen LogP contribution in [-0.2, 0) is 9.59 Å². The monoisotopic (exact) mass is 272 g/mol. The zero-order valence-electron chi connectivity index (χ0n) is 13.2. The van der Waals surface area contributed by atoms with E-state index in [0.717, 1.165) is 0 Å². The number of carbonyl (C=O) groups excluding carboxylic acids is 2. The summed E-state index contributed by atoms with van der Waals surface area (Å²) in [6.45, 7) is 12.6. The summed E-state index contributed by atoms with van der Waals surface area (Å²) < 4.78 is 0. The van der Waals surface area contributed by atoms with Gasteiger partial charge < -0.3 is 15.7 Å². The van der Waals surface area contributed by atoms with Crippen LogP contribution < -0.4 is 10.6 Å². The number of nitrogens with one attached hydrogen (secondary N) is 2. The maximum Gasteiger partial charge on any atom is 0.225 e. The lowest BCUT2D eigenvalue weighted by Gasteiger charge is -2.38. The maximum atomic E-state index is 11.8. The summed E-state index contributed by atoms with van der Waals surface area (Å²) in [5, 5.41) is 15.4. The SMILES string of the molecule is CC(C)(C)C(=O)NCCC(=O)NC(C)(C)C(C)(C)O. The lowest BCUT2D eigenvalue weighted by atomic mass is 9.86. The van der Waals surface area contributed by atoms with Gasteiger partial charge in [0.15, 0.2) is 0 Å². The Morgan fingerprint density at radius 1 is 1.00 bits per heavy atom. The molecule has 0 atom stereocenters. The molecule has 0 aliphatic carbocycles. The van der Waals surface area contributed by atoms with E-state index in [1.54, 1.807) is 27.7 Å². The van der Waals surface area contributed by atoms with Crippen molar-refractivity contribution >= 4 is 11.8 Å². The second-order valence-corrected chi connectivity index (χ2v) is 6.99. The average Bonchev–Trinajstić information content (AvgIpc) is 2.12. The van der Waals surface area contributed by atoms with Crippen molar-refractivity contribution in [3.63, 3.8) is 0 Å². The van der Waals surface area contributed by atoms with Gasteiger partial charge in [-0.2, -0.15) is 0 Å². The molecule has 5 heteroatoms. The molecule has 0 heterocycles. The van der Waals surface area contributed by atoms with Crippen LogP contribution in [0.2, 0.25) is 0 Å². The summed E-state index contributed by atoms with van der Waals surface area (Å²) >= 11 is 0. The number of carbonyl (C=O) groups is 2. The minimum Gasteiger partial charge on any atom is -0.388 e. The molecule has 0 aromatic heterocycles. The highest BCUT2D eigenvalue weighted by molar-refractivity contribution is 5.82. The summed E-state index contributed by atoms with van der Waals surface area (Å²) in [5.74, 6) is -0.275. The van der Waals surface area contributed by atoms with Gasteiger partial charge in [-0.25, -0.2) is 0 Å². The van der Waals surface area contributed by atoms with Crippen molar-refractivity contribution in [2.24, 2.45) is 5.41 Å². The minimum absolute atomic E-state index is 0.0814. The molecule has 2 amide bonds. The van der Waals surface area contributed by atoms with Gasteiger partial charge >= 0.3 is 0 Å². The molecule has 0 fully saturated rings. The first-order valence-corrected chi connectivity index (χ1v) is 6.59. The molecule has 0 aromatic rings. The van der Waals surface area contributed by atoms with E-state index < -0.39 is 16.6 Å². The molecular weight excluding hydrogens is 244 g/mol. The quantitative estimate of drug-likeness (QED) is 0.704. The zero-order valence-corrected chi connectivity index (χ0v) is 13.2. The summed E-state index contributed by atoms with van der Waals surface area (Å²) in [5.41, 5.74) is -2.20. The first kappa shape index (κ1) is 17.9. The van der Waals surface area contributed by atoms with Crippen LogP contribution in [0.4, 0.5) is 0 Å². The molecule has 0 unspecified atom stereocenters. The van der Waals surface area contributed by atoms with Crippen LogP contribution in [0.5, 0.6) is 0 Å². The first-order valence-electron chi connectivity index (χ1n) is 6.59. The zero-order chi connectivity index (χ0) is 15.5. The van der Waals surface area contributed by atoms with E-state index in [9.17, 15) is 14.7 Å². The lowest BCUT2D eigenvalue weighted by Crippen LogP contribution is -2.58. The summed E-state index contributed by atoms with van der Waals surface area (Å²) in [6.07, 6.45) is 0.196. The van der Waals surface area contributed by atoms with E-state index in [4.69, 9.17) is 0 Å². The number of amides is 2. The van der Waals surface area contributed by atoms with Gasteiger partial charge in [-0.1, -0.05) is 20.8 Å². The Kier molecular flexibility index (Phi) is 5.56. The molecular formula is C14H28N2O3. The van der Waals surface area contributed by atoms with Gasteiger partial charge in [-0.15, -0.1) is 0 Å². The highest BCUT2D eigenvalue weighted by Crippen LogP contribution is 2.20. The highest BCUT2D eigenvalue weighted by atomic mass is 16.3. The molecule has 0 aliphatic rings. The molecule has 112 valence electrons.